The first-order valence-electron chi connectivity index (χ1n) is 8.56. The largest absolute Gasteiger partial charge is 0.394 e. The van der Waals surface area contributed by atoms with Gasteiger partial charge < -0.3 is 20.7 Å². The molecule has 3 atom stereocenters. The molecule has 134 valence electrons. The molecule has 2 heterocycles. The normalized spacial score (nSPS) is 24.0. The standard InChI is InChI=1S/C17H27N3O4/c1-2-3-4-5-6-7-8-12-10-20(17(23)19-16(12)18)15-9-13(22)14(11-21)24-15/h7-8,10,13-15,21-22H,2-6,9,11H2,1H3,(H2,18,19,23)/t13-,14+,15+/m0/s1. The number of ether oxygens (including phenoxy) is 1. The molecule has 0 aromatic carbocycles. The lowest BCUT2D eigenvalue weighted by molar-refractivity contribution is -0.0458. The highest BCUT2D eigenvalue weighted by Gasteiger charge is 2.35. The summed E-state index contributed by atoms with van der Waals surface area (Å²) >= 11 is 0. The summed E-state index contributed by atoms with van der Waals surface area (Å²) in [7, 11) is 0. The van der Waals surface area contributed by atoms with Crippen LogP contribution in [-0.2, 0) is 4.74 Å². The molecule has 0 spiro atoms. The van der Waals surface area contributed by atoms with E-state index in [1.165, 1.54) is 23.8 Å². The van der Waals surface area contributed by atoms with E-state index in [1.807, 2.05) is 12.2 Å². The lowest BCUT2D eigenvalue weighted by Crippen LogP contribution is -2.28. The molecule has 0 bridgehead atoms. The summed E-state index contributed by atoms with van der Waals surface area (Å²) in [6.07, 6.45) is 9.29. The summed E-state index contributed by atoms with van der Waals surface area (Å²) in [4.78, 5) is 15.9. The minimum atomic E-state index is -0.804. The van der Waals surface area contributed by atoms with E-state index >= 15 is 0 Å². The second-order valence-corrected chi connectivity index (χ2v) is 6.14. The number of nitrogen functional groups attached to an aromatic ring is 1. The molecule has 1 aromatic rings. The number of aromatic nitrogens is 2. The zero-order valence-corrected chi connectivity index (χ0v) is 14.1. The van der Waals surface area contributed by atoms with Crippen LogP contribution in [0.15, 0.2) is 17.1 Å². The topological polar surface area (TPSA) is 111 Å². The summed E-state index contributed by atoms with van der Waals surface area (Å²) in [5.74, 6) is 0.179. The quantitative estimate of drug-likeness (QED) is 0.619. The van der Waals surface area contributed by atoms with Crippen LogP contribution in [0.1, 0.15) is 57.2 Å². The average Bonchev–Trinajstić information content (AvgIpc) is 2.93. The van der Waals surface area contributed by atoms with Crippen molar-refractivity contribution in [3.63, 3.8) is 0 Å². The van der Waals surface area contributed by atoms with Crippen LogP contribution in [0.3, 0.4) is 0 Å². The summed E-state index contributed by atoms with van der Waals surface area (Å²) in [5.41, 5.74) is 5.95. The van der Waals surface area contributed by atoms with E-state index in [9.17, 15) is 9.90 Å². The van der Waals surface area contributed by atoms with Gasteiger partial charge in [0.05, 0.1) is 12.7 Å². The van der Waals surface area contributed by atoms with E-state index in [-0.39, 0.29) is 18.8 Å². The number of nitrogens with two attached hydrogens (primary N) is 1. The van der Waals surface area contributed by atoms with Gasteiger partial charge in [-0.3, -0.25) is 4.57 Å². The van der Waals surface area contributed by atoms with E-state index in [0.717, 1.165) is 12.8 Å². The zero-order valence-electron chi connectivity index (χ0n) is 14.1. The van der Waals surface area contributed by atoms with Crippen LogP contribution in [0, 0.1) is 0 Å². The van der Waals surface area contributed by atoms with Crippen molar-refractivity contribution in [2.45, 2.75) is 63.9 Å². The van der Waals surface area contributed by atoms with Crippen LogP contribution in [-0.4, -0.2) is 38.6 Å². The molecule has 2 rings (SSSR count). The highest BCUT2D eigenvalue weighted by molar-refractivity contribution is 5.59. The molecule has 0 radical (unpaired) electrons. The molecular formula is C17H27N3O4. The van der Waals surface area contributed by atoms with Gasteiger partial charge in [0, 0.05) is 18.2 Å². The molecule has 1 saturated heterocycles. The summed E-state index contributed by atoms with van der Waals surface area (Å²) < 4.78 is 6.84. The molecule has 0 amide bonds. The molecule has 1 aliphatic rings. The maximum atomic E-state index is 12.1. The second kappa shape index (κ2) is 8.96. The summed E-state index contributed by atoms with van der Waals surface area (Å²) in [6.45, 7) is 1.88. The van der Waals surface area contributed by atoms with Gasteiger partial charge in [0.15, 0.2) is 0 Å². The first kappa shape index (κ1) is 18.6. The van der Waals surface area contributed by atoms with E-state index in [1.54, 1.807) is 6.20 Å². The minimum Gasteiger partial charge on any atom is -0.394 e. The van der Waals surface area contributed by atoms with Crippen molar-refractivity contribution in [3.8, 4) is 0 Å². The zero-order chi connectivity index (χ0) is 17.5. The number of aliphatic hydroxyl groups is 2. The molecule has 24 heavy (non-hydrogen) atoms. The molecule has 7 heteroatoms. The highest BCUT2D eigenvalue weighted by atomic mass is 16.5. The number of anilines is 1. The smallest absolute Gasteiger partial charge is 0.351 e. The number of rotatable bonds is 8. The number of allylic oxidation sites excluding steroid dienone is 1. The van der Waals surface area contributed by atoms with E-state index in [0.29, 0.717) is 5.56 Å². The number of unbranched alkanes of at least 4 members (excludes halogenated alkanes) is 4. The number of hydrogen-bond acceptors (Lipinski definition) is 6. The van der Waals surface area contributed by atoms with Crippen molar-refractivity contribution in [1.29, 1.82) is 0 Å². The Morgan fingerprint density at radius 3 is 2.92 bits per heavy atom. The van der Waals surface area contributed by atoms with Gasteiger partial charge in [-0.2, -0.15) is 4.98 Å². The molecule has 1 aromatic heterocycles. The first-order chi connectivity index (χ1) is 11.6. The van der Waals surface area contributed by atoms with Crippen molar-refractivity contribution in [2.24, 2.45) is 0 Å². The fourth-order valence-corrected chi connectivity index (χ4v) is 2.78. The minimum absolute atomic E-state index is 0.179. The van der Waals surface area contributed by atoms with Gasteiger partial charge in [0.2, 0.25) is 0 Å². The first-order valence-corrected chi connectivity index (χ1v) is 8.56. The fourth-order valence-electron chi connectivity index (χ4n) is 2.78. The van der Waals surface area contributed by atoms with Crippen molar-refractivity contribution in [1.82, 2.24) is 9.55 Å². The SMILES string of the molecule is CCCCCCC=Cc1cn([C@H]2C[C@H](O)[C@@H](CO)O2)c(=O)nc1N. The lowest BCUT2D eigenvalue weighted by atomic mass is 10.1. The Bertz CT molecular complexity index is 614. The van der Waals surface area contributed by atoms with Crippen LogP contribution >= 0.6 is 0 Å². The van der Waals surface area contributed by atoms with E-state index in [2.05, 4.69) is 11.9 Å². The lowest BCUT2D eigenvalue weighted by Gasteiger charge is -2.15. The predicted molar refractivity (Wildman–Crippen MR) is 92.3 cm³/mol. The Labute approximate surface area is 141 Å². The number of hydrogen-bond donors (Lipinski definition) is 3. The molecule has 1 aliphatic heterocycles. The van der Waals surface area contributed by atoms with Gasteiger partial charge in [-0.15, -0.1) is 0 Å². The Morgan fingerprint density at radius 1 is 1.46 bits per heavy atom. The van der Waals surface area contributed by atoms with Crippen molar-refractivity contribution in [3.05, 3.63) is 28.3 Å². The Balaban J connectivity index is 2.08. The van der Waals surface area contributed by atoms with Crippen LogP contribution in [0.5, 0.6) is 0 Å². The van der Waals surface area contributed by atoms with Gasteiger partial charge in [-0.1, -0.05) is 38.3 Å². The maximum absolute atomic E-state index is 12.1. The Hall–Kier alpha value is -1.70. The van der Waals surface area contributed by atoms with E-state index < -0.39 is 24.1 Å². The van der Waals surface area contributed by atoms with Crippen molar-refractivity contribution < 1.29 is 14.9 Å². The molecule has 7 nitrogen and oxygen atoms in total. The van der Waals surface area contributed by atoms with Crippen LogP contribution < -0.4 is 11.4 Å². The Kier molecular flexibility index (Phi) is 6.96. The fraction of sp³-hybridized carbons (Fsp3) is 0.647. The van der Waals surface area contributed by atoms with Crippen molar-refractivity contribution in [2.75, 3.05) is 12.3 Å². The van der Waals surface area contributed by atoms with Gasteiger partial charge in [-0.25, -0.2) is 4.79 Å². The average molecular weight is 337 g/mol. The third-order valence-corrected chi connectivity index (χ3v) is 4.23. The third kappa shape index (κ3) is 4.66. The summed E-state index contributed by atoms with van der Waals surface area (Å²) in [6, 6.07) is 0. The van der Waals surface area contributed by atoms with E-state index in [4.69, 9.17) is 15.6 Å². The number of nitrogens with zero attached hydrogens (tertiary/aromatic N) is 2. The van der Waals surface area contributed by atoms with Crippen LogP contribution in [0.2, 0.25) is 0 Å². The monoisotopic (exact) mass is 337 g/mol. The van der Waals surface area contributed by atoms with Crippen LogP contribution in [0.25, 0.3) is 6.08 Å². The van der Waals surface area contributed by atoms with Gasteiger partial charge >= 0.3 is 5.69 Å². The summed E-state index contributed by atoms with van der Waals surface area (Å²) in [5, 5.41) is 19.0. The van der Waals surface area contributed by atoms with Gasteiger partial charge in [0.25, 0.3) is 0 Å². The second-order valence-electron chi connectivity index (χ2n) is 6.14. The number of aliphatic hydroxyl groups excluding tert-OH is 2. The molecule has 0 saturated carbocycles. The maximum Gasteiger partial charge on any atom is 0.351 e. The van der Waals surface area contributed by atoms with Crippen molar-refractivity contribution >= 4 is 11.9 Å². The van der Waals surface area contributed by atoms with Gasteiger partial charge in [-0.05, 0) is 12.8 Å². The molecular weight excluding hydrogens is 310 g/mol. The predicted octanol–water partition coefficient (Wildman–Crippen LogP) is 1.45. The molecule has 1 fully saturated rings. The van der Waals surface area contributed by atoms with Gasteiger partial charge in [0.1, 0.15) is 18.1 Å². The highest BCUT2D eigenvalue weighted by Crippen LogP contribution is 2.28. The molecule has 4 N–H and O–H groups in total. The Morgan fingerprint density at radius 2 is 2.25 bits per heavy atom. The molecule has 0 aliphatic carbocycles. The third-order valence-electron chi connectivity index (χ3n) is 4.23. The van der Waals surface area contributed by atoms with Crippen LogP contribution in [0.4, 0.5) is 5.82 Å². The molecule has 0 unspecified atom stereocenters.